The zero-order chi connectivity index (χ0) is 13.0. The maximum absolute atomic E-state index is 5.62. The lowest BCUT2D eigenvalue weighted by molar-refractivity contribution is 0.545. The lowest BCUT2D eigenvalue weighted by atomic mass is 10.0. The molecule has 3 N–H and O–H groups in total. The number of nitrogens with two attached hydrogens (primary N) is 1. The van der Waals surface area contributed by atoms with Crippen molar-refractivity contribution in [3.8, 4) is 0 Å². The van der Waals surface area contributed by atoms with Crippen molar-refractivity contribution < 1.29 is 0 Å². The number of hydrogen-bond donors (Lipinski definition) is 2. The molecular formula is C12H17N5S. The van der Waals surface area contributed by atoms with Gasteiger partial charge in [0.1, 0.15) is 0 Å². The summed E-state index contributed by atoms with van der Waals surface area (Å²) in [5.41, 5.74) is 4.91. The van der Waals surface area contributed by atoms with Crippen LogP contribution in [0.2, 0.25) is 0 Å². The fraction of sp³-hybridized carbons (Fsp3) is 0.333. The summed E-state index contributed by atoms with van der Waals surface area (Å²) < 4.78 is 1.69. The van der Waals surface area contributed by atoms with E-state index in [9.17, 15) is 0 Å². The molecule has 0 saturated heterocycles. The van der Waals surface area contributed by atoms with Crippen LogP contribution < -0.4 is 11.3 Å². The first-order valence-corrected chi connectivity index (χ1v) is 6.90. The third-order valence-electron chi connectivity index (χ3n) is 2.78. The van der Waals surface area contributed by atoms with Gasteiger partial charge >= 0.3 is 0 Å². The molecule has 0 aliphatic carbocycles. The van der Waals surface area contributed by atoms with E-state index in [1.165, 1.54) is 4.90 Å². The number of hydrogen-bond acceptors (Lipinski definition) is 5. The molecule has 0 spiro atoms. The molecule has 18 heavy (non-hydrogen) atoms. The quantitative estimate of drug-likeness (QED) is 0.483. The third-order valence-corrected chi connectivity index (χ3v) is 3.53. The highest BCUT2D eigenvalue weighted by Crippen LogP contribution is 2.20. The Morgan fingerprint density at radius 2 is 2.11 bits per heavy atom. The van der Waals surface area contributed by atoms with E-state index in [1.807, 2.05) is 13.2 Å². The molecule has 0 fully saturated rings. The minimum atomic E-state index is 0.0533. The van der Waals surface area contributed by atoms with Gasteiger partial charge in [-0.15, -0.1) is 16.9 Å². The van der Waals surface area contributed by atoms with E-state index in [-0.39, 0.29) is 6.04 Å². The average molecular weight is 263 g/mol. The second kappa shape index (κ2) is 5.99. The van der Waals surface area contributed by atoms with Gasteiger partial charge in [0.05, 0.1) is 11.7 Å². The molecule has 5 nitrogen and oxygen atoms in total. The second-order valence-electron chi connectivity index (χ2n) is 4.08. The number of hydrazine groups is 1. The summed E-state index contributed by atoms with van der Waals surface area (Å²) >= 11 is 1.73. The number of nitrogens with one attached hydrogen (secondary N) is 1. The normalized spacial score (nSPS) is 12.6. The molecule has 6 heteroatoms. The summed E-state index contributed by atoms with van der Waals surface area (Å²) in [5.74, 6) is 5.62. The molecule has 0 aliphatic rings. The Morgan fingerprint density at radius 1 is 1.39 bits per heavy atom. The van der Waals surface area contributed by atoms with Crippen LogP contribution in [-0.4, -0.2) is 21.2 Å². The smallest absolute Gasteiger partial charge is 0.0846 e. The van der Waals surface area contributed by atoms with E-state index in [1.54, 1.807) is 16.4 Å². The molecule has 0 bridgehead atoms. The monoisotopic (exact) mass is 263 g/mol. The van der Waals surface area contributed by atoms with Gasteiger partial charge in [-0.2, -0.15) is 0 Å². The van der Waals surface area contributed by atoms with Crippen LogP contribution in [0.4, 0.5) is 0 Å². The Morgan fingerprint density at radius 3 is 2.61 bits per heavy atom. The van der Waals surface area contributed by atoms with E-state index in [2.05, 4.69) is 46.3 Å². The van der Waals surface area contributed by atoms with Gasteiger partial charge in [-0.1, -0.05) is 17.3 Å². The second-order valence-corrected chi connectivity index (χ2v) is 4.96. The number of rotatable bonds is 5. The number of thioether (sulfide) groups is 1. The Hall–Kier alpha value is -1.37. The predicted octanol–water partition coefficient (Wildman–Crippen LogP) is 1.28. The molecule has 0 amide bonds. The molecule has 0 radical (unpaired) electrons. The zero-order valence-electron chi connectivity index (χ0n) is 10.5. The minimum Gasteiger partial charge on any atom is -0.271 e. The Balaban J connectivity index is 2.12. The lowest BCUT2D eigenvalue weighted by Gasteiger charge is -2.15. The van der Waals surface area contributed by atoms with Gasteiger partial charge in [0, 0.05) is 24.6 Å². The first kappa shape index (κ1) is 13.1. The predicted molar refractivity (Wildman–Crippen MR) is 73.0 cm³/mol. The highest BCUT2D eigenvalue weighted by Gasteiger charge is 2.12. The fourth-order valence-electron chi connectivity index (χ4n) is 1.81. The van der Waals surface area contributed by atoms with Crippen LogP contribution in [0, 0.1) is 0 Å². The maximum Gasteiger partial charge on any atom is 0.0846 e. The SMILES string of the molecule is CSc1ccc(C(Cc2cn(C)nn2)NN)cc1. The number of benzene rings is 1. The van der Waals surface area contributed by atoms with Gasteiger partial charge in [-0.25, -0.2) is 0 Å². The highest BCUT2D eigenvalue weighted by atomic mass is 32.2. The molecule has 1 atom stereocenters. The highest BCUT2D eigenvalue weighted by molar-refractivity contribution is 7.98. The largest absolute Gasteiger partial charge is 0.271 e. The van der Waals surface area contributed by atoms with Crippen LogP contribution in [0.5, 0.6) is 0 Å². The van der Waals surface area contributed by atoms with Crippen molar-refractivity contribution in [2.75, 3.05) is 6.26 Å². The molecule has 0 aliphatic heterocycles. The standard InChI is InChI=1S/C12H17N5S/c1-17-8-10(15-16-17)7-12(14-13)9-3-5-11(18-2)6-4-9/h3-6,8,12,14H,7,13H2,1-2H3. The molecular weight excluding hydrogens is 246 g/mol. The Labute approximate surface area is 111 Å². The van der Waals surface area contributed by atoms with E-state index >= 15 is 0 Å². The van der Waals surface area contributed by atoms with Gasteiger partial charge in [-0.05, 0) is 24.0 Å². The number of aromatic nitrogens is 3. The van der Waals surface area contributed by atoms with Crippen molar-refractivity contribution in [2.45, 2.75) is 17.4 Å². The summed E-state index contributed by atoms with van der Waals surface area (Å²) in [6.45, 7) is 0. The van der Waals surface area contributed by atoms with Crippen LogP contribution in [0.15, 0.2) is 35.4 Å². The van der Waals surface area contributed by atoms with Gasteiger partial charge < -0.3 is 0 Å². The van der Waals surface area contributed by atoms with Crippen LogP contribution in [0.1, 0.15) is 17.3 Å². The molecule has 1 unspecified atom stereocenters. The first-order chi connectivity index (χ1) is 8.72. The summed E-state index contributed by atoms with van der Waals surface area (Å²) in [7, 11) is 1.86. The van der Waals surface area contributed by atoms with Gasteiger partial charge in [0.25, 0.3) is 0 Å². The number of nitrogens with zero attached hydrogens (tertiary/aromatic N) is 3. The molecule has 1 heterocycles. The van der Waals surface area contributed by atoms with E-state index in [0.717, 1.165) is 17.7 Å². The molecule has 1 aromatic heterocycles. The zero-order valence-corrected chi connectivity index (χ0v) is 11.3. The molecule has 0 saturated carbocycles. The van der Waals surface area contributed by atoms with E-state index < -0.39 is 0 Å². The fourth-order valence-corrected chi connectivity index (χ4v) is 2.22. The lowest BCUT2D eigenvalue weighted by Crippen LogP contribution is -2.29. The van der Waals surface area contributed by atoms with Crippen LogP contribution in [0.3, 0.4) is 0 Å². The van der Waals surface area contributed by atoms with Crippen LogP contribution in [0.25, 0.3) is 0 Å². The van der Waals surface area contributed by atoms with Crippen LogP contribution in [-0.2, 0) is 13.5 Å². The summed E-state index contributed by atoms with van der Waals surface area (Å²) in [4.78, 5) is 1.24. The molecule has 1 aromatic carbocycles. The van der Waals surface area contributed by atoms with E-state index in [4.69, 9.17) is 5.84 Å². The van der Waals surface area contributed by atoms with E-state index in [0.29, 0.717) is 0 Å². The third kappa shape index (κ3) is 3.10. The minimum absolute atomic E-state index is 0.0533. The summed E-state index contributed by atoms with van der Waals surface area (Å²) in [6, 6.07) is 8.43. The van der Waals surface area contributed by atoms with Crippen molar-refractivity contribution in [1.29, 1.82) is 0 Å². The Bertz CT molecular complexity index is 493. The molecule has 2 rings (SSSR count). The van der Waals surface area contributed by atoms with Crippen molar-refractivity contribution in [3.05, 3.63) is 41.7 Å². The van der Waals surface area contributed by atoms with Crippen molar-refractivity contribution in [1.82, 2.24) is 20.4 Å². The van der Waals surface area contributed by atoms with Crippen LogP contribution >= 0.6 is 11.8 Å². The maximum atomic E-state index is 5.62. The summed E-state index contributed by atoms with van der Waals surface area (Å²) in [5, 5.41) is 8.00. The topological polar surface area (TPSA) is 68.8 Å². The molecule has 96 valence electrons. The van der Waals surface area contributed by atoms with Gasteiger partial charge in [-0.3, -0.25) is 16.0 Å². The first-order valence-electron chi connectivity index (χ1n) is 5.68. The van der Waals surface area contributed by atoms with Gasteiger partial charge in [0.2, 0.25) is 0 Å². The summed E-state index contributed by atoms with van der Waals surface area (Å²) in [6.07, 6.45) is 4.69. The van der Waals surface area contributed by atoms with Crippen molar-refractivity contribution in [3.63, 3.8) is 0 Å². The molecule has 2 aromatic rings. The number of aryl methyl sites for hydroxylation is 1. The van der Waals surface area contributed by atoms with Crippen molar-refractivity contribution >= 4 is 11.8 Å². The van der Waals surface area contributed by atoms with Crippen molar-refractivity contribution in [2.24, 2.45) is 12.9 Å². The average Bonchev–Trinajstić information content (AvgIpc) is 2.82. The van der Waals surface area contributed by atoms with Gasteiger partial charge in [0.15, 0.2) is 0 Å². The Kier molecular flexibility index (Phi) is 4.35.